The molecule has 0 bridgehead atoms. The predicted octanol–water partition coefficient (Wildman–Crippen LogP) is 1.93. The van der Waals surface area contributed by atoms with Crippen molar-refractivity contribution in [3.63, 3.8) is 0 Å². The second-order valence-corrected chi connectivity index (χ2v) is 7.29. The first-order chi connectivity index (χ1) is 11.8. The van der Waals surface area contributed by atoms with E-state index < -0.39 is 11.4 Å². The highest BCUT2D eigenvalue weighted by Gasteiger charge is 2.48. The maximum absolute atomic E-state index is 12.7. The Bertz CT molecular complexity index is 715. The van der Waals surface area contributed by atoms with Crippen molar-refractivity contribution in [1.82, 2.24) is 4.90 Å². The summed E-state index contributed by atoms with van der Waals surface area (Å²) < 4.78 is 0. The van der Waals surface area contributed by atoms with Crippen molar-refractivity contribution in [2.24, 2.45) is 11.3 Å². The van der Waals surface area contributed by atoms with Crippen molar-refractivity contribution < 1.29 is 19.5 Å². The number of carboxylic acid groups (broad SMARTS) is 1. The van der Waals surface area contributed by atoms with Crippen LogP contribution >= 0.6 is 0 Å². The third-order valence-electron chi connectivity index (χ3n) is 5.67. The number of aliphatic carboxylic acids is 1. The van der Waals surface area contributed by atoms with Gasteiger partial charge in [-0.05, 0) is 30.4 Å². The number of carbonyl (C=O) groups is 3. The largest absolute Gasteiger partial charge is 0.481 e. The summed E-state index contributed by atoms with van der Waals surface area (Å²) in [7, 11) is 0. The Labute approximate surface area is 147 Å². The van der Waals surface area contributed by atoms with Crippen molar-refractivity contribution in [2.75, 3.05) is 24.5 Å². The molecule has 2 heterocycles. The summed E-state index contributed by atoms with van der Waals surface area (Å²) in [5, 5.41) is 9.62. The van der Waals surface area contributed by atoms with Crippen LogP contribution in [0.1, 0.15) is 32.3 Å². The van der Waals surface area contributed by atoms with Gasteiger partial charge in [-0.1, -0.05) is 32.0 Å². The lowest BCUT2D eigenvalue weighted by atomic mass is 9.76. The second kappa shape index (κ2) is 6.50. The van der Waals surface area contributed by atoms with Gasteiger partial charge in [0, 0.05) is 25.2 Å². The summed E-state index contributed by atoms with van der Waals surface area (Å²) in [6.07, 6.45) is 1.55. The molecule has 1 aromatic carbocycles. The van der Waals surface area contributed by atoms with Crippen LogP contribution < -0.4 is 4.90 Å². The van der Waals surface area contributed by atoms with E-state index in [4.69, 9.17) is 0 Å². The molecule has 6 heteroatoms. The molecule has 25 heavy (non-hydrogen) atoms. The molecular formula is C19H24N2O4. The molecule has 2 amide bonds. The van der Waals surface area contributed by atoms with E-state index in [9.17, 15) is 19.5 Å². The number of carboxylic acids is 1. The van der Waals surface area contributed by atoms with E-state index in [1.165, 1.54) is 4.90 Å². The van der Waals surface area contributed by atoms with Crippen molar-refractivity contribution >= 4 is 23.5 Å². The SMILES string of the molecule is CC(C)C1(C(=O)O)CCN(C(=O)CN2C(=O)CCc3ccccc32)C1. The molecular weight excluding hydrogens is 320 g/mol. The van der Waals surface area contributed by atoms with Crippen LogP contribution in [0.4, 0.5) is 5.69 Å². The summed E-state index contributed by atoms with van der Waals surface area (Å²) in [6, 6.07) is 7.63. The van der Waals surface area contributed by atoms with E-state index in [0.717, 1.165) is 11.3 Å². The van der Waals surface area contributed by atoms with Gasteiger partial charge in [0.15, 0.2) is 0 Å². The van der Waals surface area contributed by atoms with E-state index >= 15 is 0 Å². The first-order valence-corrected chi connectivity index (χ1v) is 8.74. The average molecular weight is 344 g/mol. The molecule has 1 unspecified atom stereocenters. The molecule has 0 aliphatic carbocycles. The molecule has 2 aliphatic rings. The van der Waals surface area contributed by atoms with Gasteiger partial charge in [0.25, 0.3) is 0 Å². The Morgan fingerprint density at radius 1 is 1.24 bits per heavy atom. The zero-order valence-electron chi connectivity index (χ0n) is 14.7. The van der Waals surface area contributed by atoms with Crippen molar-refractivity contribution in [3.8, 4) is 0 Å². The van der Waals surface area contributed by atoms with Crippen molar-refractivity contribution in [1.29, 1.82) is 0 Å². The van der Waals surface area contributed by atoms with Gasteiger partial charge in [0.2, 0.25) is 11.8 Å². The molecule has 0 aromatic heterocycles. The third-order valence-corrected chi connectivity index (χ3v) is 5.67. The van der Waals surface area contributed by atoms with Gasteiger partial charge < -0.3 is 14.9 Å². The lowest BCUT2D eigenvalue weighted by Crippen LogP contribution is -2.46. The minimum atomic E-state index is -0.889. The molecule has 3 rings (SSSR count). The summed E-state index contributed by atoms with van der Waals surface area (Å²) in [4.78, 5) is 39.9. The highest BCUT2D eigenvalue weighted by molar-refractivity contribution is 6.01. The van der Waals surface area contributed by atoms with Gasteiger partial charge in [0.1, 0.15) is 6.54 Å². The van der Waals surface area contributed by atoms with Gasteiger partial charge in [-0.25, -0.2) is 0 Å². The average Bonchev–Trinajstić information content (AvgIpc) is 3.04. The summed E-state index contributed by atoms with van der Waals surface area (Å²) in [5.74, 6) is -1.15. The highest BCUT2D eigenvalue weighted by atomic mass is 16.4. The van der Waals surface area contributed by atoms with Crippen LogP contribution in [0.5, 0.6) is 0 Å². The smallest absolute Gasteiger partial charge is 0.311 e. The molecule has 1 saturated heterocycles. The Morgan fingerprint density at radius 3 is 2.60 bits per heavy atom. The van der Waals surface area contributed by atoms with Gasteiger partial charge >= 0.3 is 5.97 Å². The number of nitrogens with zero attached hydrogens (tertiary/aromatic N) is 2. The monoisotopic (exact) mass is 344 g/mol. The van der Waals surface area contributed by atoms with Crippen molar-refractivity contribution in [2.45, 2.75) is 33.1 Å². The van der Waals surface area contributed by atoms with E-state index in [0.29, 0.717) is 25.8 Å². The molecule has 2 aliphatic heterocycles. The van der Waals surface area contributed by atoms with Gasteiger partial charge in [-0.2, -0.15) is 0 Å². The lowest BCUT2D eigenvalue weighted by molar-refractivity contribution is -0.151. The fraction of sp³-hybridized carbons (Fsp3) is 0.526. The molecule has 0 saturated carbocycles. The predicted molar refractivity (Wildman–Crippen MR) is 93.2 cm³/mol. The number of para-hydroxylation sites is 1. The van der Waals surface area contributed by atoms with Gasteiger partial charge in [0.05, 0.1) is 5.41 Å². The molecule has 0 radical (unpaired) electrons. The maximum Gasteiger partial charge on any atom is 0.311 e. The standard InChI is InChI=1S/C19H24N2O4/c1-13(2)19(18(24)25)9-10-20(12-19)17(23)11-21-15-6-4-3-5-14(15)7-8-16(21)22/h3-6,13H,7-12H2,1-2H3,(H,24,25). The first-order valence-electron chi connectivity index (χ1n) is 8.74. The number of amides is 2. The van der Waals surface area contributed by atoms with E-state index in [2.05, 4.69) is 0 Å². The molecule has 1 N–H and O–H groups in total. The fourth-order valence-electron chi connectivity index (χ4n) is 3.84. The normalized spacial score (nSPS) is 23.1. The number of likely N-dealkylation sites (tertiary alicyclic amines) is 1. The zero-order chi connectivity index (χ0) is 18.2. The number of hydrogen-bond donors (Lipinski definition) is 1. The summed E-state index contributed by atoms with van der Waals surface area (Å²) >= 11 is 0. The van der Waals surface area contributed by atoms with Gasteiger partial charge in [-0.15, -0.1) is 0 Å². The number of hydrogen-bond acceptors (Lipinski definition) is 3. The third kappa shape index (κ3) is 3.01. The molecule has 0 spiro atoms. The molecule has 134 valence electrons. The lowest BCUT2D eigenvalue weighted by Gasteiger charge is -2.31. The second-order valence-electron chi connectivity index (χ2n) is 7.29. The zero-order valence-corrected chi connectivity index (χ0v) is 14.7. The quantitative estimate of drug-likeness (QED) is 0.905. The first kappa shape index (κ1) is 17.5. The van der Waals surface area contributed by atoms with Crippen LogP contribution in [-0.4, -0.2) is 47.4 Å². The Morgan fingerprint density at radius 2 is 1.96 bits per heavy atom. The van der Waals surface area contributed by atoms with Crippen molar-refractivity contribution in [3.05, 3.63) is 29.8 Å². The minimum absolute atomic E-state index is 0.0242. The van der Waals surface area contributed by atoms with E-state index in [1.54, 1.807) is 4.90 Å². The van der Waals surface area contributed by atoms with Crippen LogP contribution in [0.3, 0.4) is 0 Å². The van der Waals surface area contributed by atoms with Crippen LogP contribution in [0.25, 0.3) is 0 Å². The molecule has 1 aromatic rings. The number of aryl methyl sites for hydroxylation is 1. The Balaban J connectivity index is 1.75. The summed E-state index contributed by atoms with van der Waals surface area (Å²) in [5.41, 5.74) is 0.970. The molecule has 6 nitrogen and oxygen atoms in total. The van der Waals surface area contributed by atoms with Crippen LogP contribution in [0, 0.1) is 11.3 Å². The Hall–Kier alpha value is -2.37. The van der Waals surface area contributed by atoms with E-state index in [1.807, 2.05) is 38.1 Å². The maximum atomic E-state index is 12.7. The topological polar surface area (TPSA) is 77.9 Å². The number of benzene rings is 1. The van der Waals surface area contributed by atoms with Crippen LogP contribution in [0.2, 0.25) is 0 Å². The van der Waals surface area contributed by atoms with Gasteiger partial charge in [-0.3, -0.25) is 14.4 Å². The number of anilines is 1. The number of rotatable bonds is 4. The fourth-order valence-corrected chi connectivity index (χ4v) is 3.84. The molecule has 1 fully saturated rings. The number of fused-ring (bicyclic) bond motifs is 1. The van der Waals surface area contributed by atoms with E-state index in [-0.39, 0.29) is 30.8 Å². The van der Waals surface area contributed by atoms with Crippen LogP contribution in [-0.2, 0) is 20.8 Å². The molecule has 1 atom stereocenters. The summed E-state index contributed by atoms with van der Waals surface area (Å²) in [6.45, 7) is 4.37. The minimum Gasteiger partial charge on any atom is -0.481 e. The number of carbonyl (C=O) groups excluding carboxylic acids is 2. The Kier molecular flexibility index (Phi) is 4.54. The van der Waals surface area contributed by atoms with Crippen LogP contribution in [0.15, 0.2) is 24.3 Å². The highest BCUT2D eigenvalue weighted by Crippen LogP contribution is 2.38.